The van der Waals surface area contributed by atoms with Gasteiger partial charge in [0.15, 0.2) is 0 Å². The van der Waals surface area contributed by atoms with Gasteiger partial charge in [-0.15, -0.1) is 5.10 Å². The van der Waals surface area contributed by atoms with Gasteiger partial charge in [-0.3, -0.25) is 4.98 Å². The van der Waals surface area contributed by atoms with Gasteiger partial charge in [0.25, 0.3) is 0 Å². The molecule has 174 valence electrons. The van der Waals surface area contributed by atoms with Crippen molar-refractivity contribution in [2.45, 2.75) is 19.8 Å². The maximum absolute atomic E-state index is 15.3. The molecule has 1 saturated heterocycles. The summed E-state index contributed by atoms with van der Waals surface area (Å²) in [5.41, 5.74) is 5.74. The Bertz CT molecular complexity index is 1310. The molecule has 9 heteroatoms. The van der Waals surface area contributed by atoms with Crippen LogP contribution >= 0.6 is 0 Å². The van der Waals surface area contributed by atoms with Crippen LogP contribution in [0.1, 0.15) is 23.7 Å². The topological polar surface area (TPSA) is 86.2 Å². The summed E-state index contributed by atoms with van der Waals surface area (Å²) in [6.07, 6.45) is 4.48. The number of aromatic nitrogens is 5. The number of hydrogen-bond acceptors (Lipinski definition) is 8. The van der Waals surface area contributed by atoms with E-state index in [0.717, 1.165) is 35.6 Å². The average Bonchev–Trinajstić information content (AvgIpc) is 2.89. The Morgan fingerprint density at radius 3 is 2.62 bits per heavy atom. The first-order valence-electron chi connectivity index (χ1n) is 11.3. The maximum Gasteiger partial charge on any atom is 0.233 e. The normalized spacial score (nSPS) is 13.9. The zero-order valence-corrected chi connectivity index (χ0v) is 19.2. The summed E-state index contributed by atoms with van der Waals surface area (Å²) in [7, 11) is 1.55. The highest BCUT2D eigenvalue weighted by molar-refractivity contribution is 5.90. The lowest BCUT2D eigenvalue weighted by Crippen LogP contribution is -2.36. The Morgan fingerprint density at radius 1 is 1.03 bits per heavy atom. The number of rotatable bonds is 6. The number of nitrogens with zero attached hydrogens (tertiary/aromatic N) is 6. The highest BCUT2D eigenvalue weighted by Gasteiger charge is 2.18. The highest BCUT2D eigenvalue weighted by atomic mass is 19.1. The van der Waals surface area contributed by atoms with E-state index in [1.807, 2.05) is 25.1 Å². The van der Waals surface area contributed by atoms with E-state index in [9.17, 15) is 0 Å². The van der Waals surface area contributed by atoms with Gasteiger partial charge in [-0.1, -0.05) is 6.92 Å². The lowest BCUT2D eigenvalue weighted by Gasteiger charge is -2.28. The third kappa shape index (κ3) is 4.38. The molecule has 1 fully saturated rings. The van der Waals surface area contributed by atoms with Crippen LogP contribution in [0.15, 0.2) is 42.9 Å². The van der Waals surface area contributed by atoms with Gasteiger partial charge in [0.1, 0.15) is 23.4 Å². The standard InChI is InChI=1S/C25H25FN6O2/c1-3-16-12-21(26)20(11-17(16)10-18-4-5-23(33-2)31-30-18)24-25-22(28-15-29-24)13-19(14-27-25)32-6-8-34-9-7-32/h4-5,11-15H,3,6-10H2,1-2H3. The van der Waals surface area contributed by atoms with E-state index in [4.69, 9.17) is 9.47 Å². The fraction of sp³-hybridized carbons (Fsp3) is 0.320. The van der Waals surface area contributed by atoms with Crippen LogP contribution in [0.25, 0.3) is 22.3 Å². The summed E-state index contributed by atoms with van der Waals surface area (Å²) >= 11 is 0. The molecule has 8 nitrogen and oxygen atoms in total. The van der Waals surface area contributed by atoms with Crippen LogP contribution in [0.3, 0.4) is 0 Å². The van der Waals surface area contributed by atoms with Crippen molar-refractivity contribution in [1.29, 1.82) is 0 Å². The van der Waals surface area contributed by atoms with Gasteiger partial charge in [0.05, 0.1) is 43.4 Å². The second kappa shape index (κ2) is 9.64. The summed E-state index contributed by atoms with van der Waals surface area (Å²) in [6, 6.07) is 9.04. The van der Waals surface area contributed by atoms with Crippen LogP contribution in [0, 0.1) is 5.82 Å². The fourth-order valence-corrected chi connectivity index (χ4v) is 4.21. The molecule has 4 heterocycles. The zero-order valence-electron chi connectivity index (χ0n) is 19.2. The van der Waals surface area contributed by atoms with Crippen LogP contribution in [0.2, 0.25) is 0 Å². The van der Waals surface area contributed by atoms with Crippen LogP contribution in [0.4, 0.5) is 10.1 Å². The summed E-state index contributed by atoms with van der Waals surface area (Å²) in [5.74, 6) is 0.120. The number of benzene rings is 1. The Hall–Kier alpha value is -3.72. The van der Waals surface area contributed by atoms with Crippen LogP contribution in [0.5, 0.6) is 5.88 Å². The largest absolute Gasteiger partial charge is 0.480 e. The molecule has 1 aliphatic heterocycles. The van der Waals surface area contributed by atoms with Crippen molar-refractivity contribution in [2.75, 3.05) is 38.3 Å². The number of anilines is 1. The van der Waals surface area contributed by atoms with Gasteiger partial charge in [0, 0.05) is 31.1 Å². The average molecular weight is 461 g/mol. The molecule has 1 aliphatic rings. The summed E-state index contributed by atoms with van der Waals surface area (Å²) in [6.45, 7) is 4.98. The second-order valence-corrected chi connectivity index (χ2v) is 8.08. The van der Waals surface area contributed by atoms with Gasteiger partial charge in [-0.05, 0) is 41.8 Å². The first-order valence-corrected chi connectivity index (χ1v) is 11.3. The van der Waals surface area contributed by atoms with Gasteiger partial charge in [-0.25, -0.2) is 14.4 Å². The first kappa shape index (κ1) is 22.1. The lowest BCUT2D eigenvalue weighted by atomic mass is 9.96. The molecule has 0 saturated carbocycles. The highest BCUT2D eigenvalue weighted by Crippen LogP contribution is 2.31. The predicted molar refractivity (Wildman–Crippen MR) is 127 cm³/mol. The molecule has 4 aromatic rings. The van der Waals surface area contributed by atoms with Crippen molar-refractivity contribution in [3.8, 4) is 17.1 Å². The molecule has 0 spiro atoms. The predicted octanol–water partition coefficient (Wildman–Crippen LogP) is 3.62. The minimum atomic E-state index is -0.333. The van der Waals surface area contributed by atoms with Gasteiger partial charge >= 0.3 is 0 Å². The third-order valence-electron chi connectivity index (χ3n) is 6.04. The molecular formula is C25H25FN6O2. The number of methoxy groups -OCH3 is 1. The summed E-state index contributed by atoms with van der Waals surface area (Å²) < 4.78 is 25.8. The molecule has 5 rings (SSSR count). The number of fused-ring (bicyclic) bond motifs is 1. The first-order chi connectivity index (χ1) is 16.7. The van der Waals surface area contributed by atoms with Gasteiger partial charge in [-0.2, -0.15) is 5.10 Å². The van der Waals surface area contributed by atoms with Crippen molar-refractivity contribution in [2.24, 2.45) is 0 Å². The van der Waals surface area contributed by atoms with E-state index in [0.29, 0.717) is 54.2 Å². The van der Waals surface area contributed by atoms with E-state index in [1.54, 1.807) is 25.4 Å². The molecule has 3 aromatic heterocycles. The molecule has 0 radical (unpaired) electrons. The van der Waals surface area contributed by atoms with Crippen LogP contribution in [-0.4, -0.2) is 58.6 Å². The Morgan fingerprint density at radius 2 is 1.88 bits per heavy atom. The van der Waals surface area contributed by atoms with Crippen molar-refractivity contribution >= 4 is 16.7 Å². The number of morpholine rings is 1. The lowest BCUT2D eigenvalue weighted by molar-refractivity contribution is 0.122. The smallest absolute Gasteiger partial charge is 0.233 e. The van der Waals surface area contributed by atoms with E-state index in [-0.39, 0.29) is 5.82 Å². The SMILES string of the molecule is CCc1cc(F)c(-c2ncnc3cc(N4CCOCC4)cnc23)cc1Cc1ccc(OC)nn1. The molecule has 1 aromatic carbocycles. The van der Waals surface area contributed by atoms with Crippen molar-refractivity contribution in [1.82, 2.24) is 25.1 Å². The number of ether oxygens (including phenoxy) is 2. The maximum atomic E-state index is 15.3. The van der Waals surface area contributed by atoms with Gasteiger partial charge in [0.2, 0.25) is 5.88 Å². The van der Waals surface area contributed by atoms with E-state index in [1.165, 1.54) is 6.33 Å². The van der Waals surface area contributed by atoms with E-state index >= 15 is 4.39 Å². The molecule has 0 unspecified atom stereocenters. The Labute approximate surface area is 196 Å². The van der Waals surface area contributed by atoms with Crippen molar-refractivity contribution < 1.29 is 13.9 Å². The quantitative estimate of drug-likeness (QED) is 0.431. The monoisotopic (exact) mass is 460 g/mol. The Balaban J connectivity index is 1.54. The van der Waals surface area contributed by atoms with E-state index in [2.05, 4.69) is 30.0 Å². The summed E-state index contributed by atoms with van der Waals surface area (Å²) in [4.78, 5) is 15.7. The zero-order chi connectivity index (χ0) is 23.5. The fourth-order valence-electron chi connectivity index (χ4n) is 4.21. The number of aryl methyl sites for hydroxylation is 1. The molecule has 0 N–H and O–H groups in total. The van der Waals surface area contributed by atoms with E-state index < -0.39 is 0 Å². The molecule has 0 amide bonds. The van der Waals surface area contributed by atoms with Crippen LogP contribution in [-0.2, 0) is 17.6 Å². The molecular weight excluding hydrogens is 435 g/mol. The number of pyridine rings is 1. The van der Waals surface area contributed by atoms with Crippen molar-refractivity contribution in [3.63, 3.8) is 0 Å². The molecule has 0 atom stereocenters. The minimum Gasteiger partial charge on any atom is -0.480 e. The molecule has 34 heavy (non-hydrogen) atoms. The minimum absolute atomic E-state index is 0.333. The molecule has 0 aliphatic carbocycles. The van der Waals surface area contributed by atoms with Gasteiger partial charge < -0.3 is 14.4 Å². The second-order valence-electron chi connectivity index (χ2n) is 8.08. The Kier molecular flexibility index (Phi) is 6.27. The van der Waals surface area contributed by atoms with Crippen LogP contribution < -0.4 is 9.64 Å². The number of hydrogen-bond donors (Lipinski definition) is 0. The summed E-state index contributed by atoms with van der Waals surface area (Å²) in [5, 5.41) is 8.27. The number of halogens is 1. The van der Waals surface area contributed by atoms with Crippen molar-refractivity contribution in [3.05, 3.63) is 65.5 Å². The molecule has 0 bridgehead atoms. The third-order valence-corrected chi connectivity index (χ3v) is 6.04.